The smallest absolute Gasteiger partial charge is 0.352 e. The first kappa shape index (κ1) is 24.4. The zero-order valence-electron chi connectivity index (χ0n) is 19.2. The maximum Gasteiger partial charge on any atom is 0.352 e. The number of fused-ring (bicyclic) bond motifs is 1. The summed E-state index contributed by atoms with van der Waals surface area (Å²) in [5, 5.41) is 17.7. The molecule has 2 amide bonds. The summed E-state index contributed by atoms with van der Waals surface area (Å²) in [6, 6.07) is -0.875. The van der Waals surface area contributed by atoms with Crippen LogP contribution in [0.5, 0.6) is 0 Å². The van der Waals surface area contributed by atoms with Gasteiger partial charge in [0.15, 0.2) is 10.8 Å². The Hall–Kier alpha value is -2.68. The van der Waals surface area contributed by atoms with Gasteiger partial charge in [0.1, 0.15) is 36.5 Å². The van der Waals surface area contributed by atoms with Crippen LogP contribution in [-0.2, 0) is 19.2 Å². The van der Waals surface area contributed by atoms with Crippen LogP contribution in [0.15, 0.2) is 21.8 Å². The van der Waals surface area contributed by atoms with Crippen LogP contribution in [0.4, 0.5) is 5.13 Å². The molecule has 0 aromatic carbocycles. The number of piperazine rings is 1. The zero-order chi connectivity index (χ0) is 24.6. The van der Waals surface area contributed by atoms with Crippen LogP contribution in [0.2, 0.25) is 0 Å². The number of likely N-dealkylation sites (N-methyl/N-ethyl adjacent to an activating group) is 2. The molecular weight excluding hydrogens is 482 g/mol. The molecule has 4 heterocycles. The van der Waals surface area contributed by atoms with E-state index in [1.807, 2.05) is 0 Å². The molecule has 3 aliphatic heterocycles. The Balaban J connectivity index is 1.50. The molecule has 2 atom stereocenters. The maximum atomic E-state index is 13.0. The van der Waals surface area contributed by atoms with Crippen LogP contribution in [0.1, 0.15) is 5.69 Å². The normalized spacial score (nSPS) is 25.0. The van der Waals surface area contributed by atoms with Gasteiger partial charge >= 0.3 is 5.97 Å². The Labute approximate surface area is 205 Å². The minimum Gasteiger partial charge on any atom is -0.477 e. The number of anilines is 1. The Morgan fingerprint density at radius 3 is 2.71 bits per heavy atom. The first-order valence-electron chi connectivity index (χ1n) is 10.7. The molecule has 3 aliphatic rings. The summed E-state index contributed by atoms with van der Waals surface area (Å²) < 4.78 is 0.734. The van der Waals surface area contributed by atoms with Gasteiger partial charge in [0, 0.05) is 29.8 Å². The first-order chi connectivity index (χ1) is 16.1. The number of nitrogens with one attached hydrogen (secondary N) is 1. The van der Waals surface area contributed by atoms with Crippen molar-refractivity contribution < 1.29 is 28.8 Å². The number of carboxylic acid groups (broad SMARTS) is 1. The van der Waals surface area contributed by atoms with Crippen LogP contribution in [0, 0.1) is 0 Å². The minimum atomic E-state index is -1.13. The second kappa shape index (κ2) is 9.52. The zero-order valence-corrected chi connectivity index (χ0v) is 20.8. The van der Waals surface area contributed by atoms with Gasteiger partial charge in [-0.1, -0.05) is 5.16 Å². The van der Waals surface area contributed by atoms with Gasteiger partial charge < -0.3 is 25.5 Å². The number of rotatable bonds is 7. The molecule has 4 N–H and O–H groups in total. The van der Waals surface area contributed by atoms with Crippen molar-refractivity contribution in [3.8, 4) is 0 Å². The summed E-state index contributed by atoms with van der Waals surface area (Å²) in [7, 11) is 5.50. The molecule has 1 aromatic rings. The number of hydrogen-bond acceptors (Lipinski definition) is 10. The molecule has 184 valence electrons. The van der Waals surface area contributed by atoms with Crippen LogP contribution in [0.3, 0.4) is 0 Å². The lowest BCUT2D eigenvalue weighted by molar-refractivity contribution is -0.909. The van der Waals surface area contributed by atoms with E-state index in [4.69, 9.17) is 10.6 Å². The number of carboxylic acids is 1. The van der Waals surface area contributed by atoms with Crippen molar-refractivity contribution >= 4 is 51.7 Å². The largest absolute Gasteiger partial charge is 0.477 e. The molecule has 14 heteroatoms. The number of carbonyl (C=O) groups is 3. The Morgan fingerprint density at radius 1 is 1.41 bits per heavy atom. The molecule has 12 nitrogen and oxygen atoms in total. The molecule has 0 bridgehead atoms. The van der Waals surface area contributed by atoms with E-state index >= 15 is 0 Å². The molecule has 34 heavy (non-hydrogen) atoms. The van der Waals surface area contributed by atoms with Gasteiger partial charge in [-0.3, -0.25) is 19.4 Å². The van der Waals surface area contributed by atoms with Gasteiger partial charge in [0.25, 0.3) is 11.8 Å². The maximum absolute atomic E-state index is 13.0. The third-order valence-corrected chi connectivity index (χ3v) is 8.33. The highest BCUT2D eigenvalue weighted by Crippen LogP contribution is 2.41. The van der Waals surface area contributed by atoms with Crippen molar-refractivity contribution in [2.24, 2.45) is 5.16 Å². The lowest BCUT2D eigenvalue weighted by Crippen LogP contribution is -2.71. The molecule has 2 fully saturated rings. The highest BCUT2D eigenvalue weighted by Gasteiger charge is 2.55. The number of thiazole rings is 1. The number of quaternary nitrogens is 1. The second-order valence-corrected chi connectivity index (χ2v) is 10.8. The van der Waals surface area contributed by atoms with E-state index in [0.717, 1.165) is 47.6 Å². The minimum absolute atomic E-state index is 0.0376. The summed E-state index contributed by atoms with van der Waals surface area (Å²) in [5.41, 5.74) is 6.57. The highest BCUT2D eigenvalue weighted by molar-refractivity contribution is 8.00. The fraction of sp³-hybridized carbons (Fsp3) is 0.550. The van der Waals surface area contributed by atoms with Crippen molar-refractivity contribution in [3.05, 3.63) is 22.3 Å². The van der Waals surface area contributed by atoms with Crippen LogP contribution in [-0.4, -0.2) is 119 Å². The van der Waals surface area contributed by atoms with Gasteiger partial charge in [-0.25, -0.2) is 9.78 Å². The Kier molecular flexibility index (Phi) is 6.85. The Morgan fingerprint density at radius 2 is 2.12 bits per heavy atom. The number of hydrogen-bond donors (Lipinski definition) is 3. The summed E-state index contributed by atoms with van der Waals surface area (Å²) >= 11 is 2.60. The third-order valence-electron chi connectivity index (χ3n) is 6.31. The number of carbonyl (C=O) groups excluding carboxylic acids is 2. The number of β-lactam (4-membered cyclic amide) rings is 1. The molecule has 0 aliphatic carbocycles. The molecule has 2 saturated heterocycles. The van der Waals surface area contributed by atoms with Crippen molar-refractivity contribution in [3.63, 3.8) is 0 Å². The van der Waals surface area contributed by atoms with Gasteiger partial charge in [0.2, 0.25) is 0 Å². The summed E-state index contributed by atoms with van der Waals surface area (Å²) in [5.74, 6) is -1.75. The highest BCUT2D eigenvalue weighted by atomic mass is 32.2. The fourth-order valence-corrected chi connectivity index (χ4v) is 6.26. The average Bonchev–Trinajstić information content (AvgIpc) is 3.23. The van der Waals surface area contributed by atoms with E-state index in [9.17, 15) is 19.5 Å². The van der Waals surface area contributed by atoms with Crippen molar-refractivity contribution in [1.29, 1.82) is 0 Å². The number of amides is 2. The van der Waals surface area contributed by atoms with Gasteiger partial charge in [-0.15, -0.1) is 23.1 Å². The SMILES string of the molecule is CO/N=C(\C(=O)NC1C(=O)N2C(C(=O)O)=C(C[N+]3(C)CCN(C)CC3)CS[C@H]12)c1csc(N)n1. The Bertz CT molecular complexity index is 1060. The van der Waals surface area contributed by atoms with E-state index in [1.54, 1.807) is 5.38 Å². The second-order valence-electron chi connectivity index (χ2n) is 8.84. The number of aliphatic carboxylic acids is 1. The number of nitrogens with two attached hydrogens (primary N) is 1. The van der Waals surface area contributed by atoms with E-state index in [-0.39, 0.29) is 22.2 Å². The van der Waals surface area contributed by atoms with Crippen molar-refractivity contribution in [2.75, 3.05) is 65.4 Å². The number of nitrogen functional groups attached to an aromatic ring is 1. The summed E-state index contributed by atoms with van der Waals surface area (Å²) in [6.45, 7) is 4.28. The summed E-state index contributed by atoms with van der Waals surface area (Å²) in [6.07, 6.45) is 0. The van der Waals surface area contributed by atoms with E-state index < -0.39 is 29.2 Å². The molecule has 4 rings (SSSR count). The number of oxime groups is 1. The molecule has 0 saturated carbocycles. The monoisotopic (exact) mass is 510 g/mol. The lowest BCUT2D eigenvalue weighted by Gasteiger charge is -2.50. The molecule has 1 unspecified atom stereocenters. The van der Waals surface area contributed by atoms with E-state index in [2.05, 4.69) is 34.5 Å². The molecular formula is C20H28N7O5S2+. The number of thioether (sulfide) groups is 1. The van der Waals surface area contributed by atoms with Crippen LogP contribution < -0.4 is 11.1 Å². The predicted molar refractivity (Wildman–Crippen MR) is 128 cm³/mol. The van der Waals surface area contributed by atoms with Crippen molar-refractivity contribution in [2.45, 2.75) is 11.4 Å². The van der Waals surface area contributed by atoms with Crippen molar-refractivity contribution in [1.82, 2.24) is 20.1 Å². The topological polar surface area (TPSA) is 150 Å². The molecule has 0 radical (unpaired) electrons. The quantitative estimate of drug-likeness (QED) is 0.185. The van der Waals surface area contributed by atoms with Crippen LogP contribution in [0.25, 0.3) is 0 Å². The lowest BCUT2D eigenvalue weighted by atomic mass is 10.0. The summed E-state index contributed by atoms with van der Waals surface area (Å²) in [4.78, 5) is 50.4. The standard InChI is InChI=1S/C20H27N7O5S2/c1-25-4-6-27(2,7-5-25)8-11-9-33-18-14(17(29)26(18)15(11)19(30)31)23-16(28)13(24-32-3)12-10-34-20(21)22-12/h10,14,18H,4-9H2,1-3H3,(H3-,21,22,23,28,30,31)/p+1/b24-13-/t14?,18-/m1/s1. The van der Waals surface area contributed by atoms with Gasteiger partial charge in [-0.05, 0) is 7.05 Å². The average molecular weight is 511 g/mol. The number of nitrogens with zero attached hydrogens (tertiary/aromatic N) is 5. The van der Waals surface area contributed by atoms with Gasteiger partial charge in [-0.2, -0.15) is 0 Å². The predicted octanol–water partition coefficient (Wildman–Crippen LogP) is -0.794. The fourth-order valence-electron chi connectivity index (χ4n) is 4.37. The number of aromatic nitrogens is 1. The van der Waals surface area contributed by atoms with E-state index in [0.29, 0.717) is 12.3 Å². The van der Waals surface area contributed by atoms with Crippen LogP contribution >= 0.6 is 23.1 Å². The van der Waals surface area contributed by atoms with Gasteiger partial charge in [0.05, 0.1) is 20.1 Å². The molecule has 1 aromatic heterocycles. The van der Waals surface area contributed by atoms with E-state index in [1.165, 1.54) is 23.8 Å². The first-order valence-corrected chi connectivity index (χ1v) is 12.6. The molecule has 0 spiro atoms. The third kappa shape index (κ3) is 4.62.